The molecule has 2 heterocycles. The van der Waals surface area contributed by atoms with Crippen molar-refractivity contribution >= 4 is 20.4 Å². The van der Waals surface area contributed by atoms with E-state index in [1.807, 2.05) is 57.3 Å². The first kappa shape index (κ1) is 33.2. The van der Waals surface area contributed by atoms with Gasteiger partial charge in [-0.05, 0) is 104 Å². The fourth-order valence-corrected chi connectivity index (χ4v) is 6.17. The molecule has 1 aliphatic heterocycles. The van der Waals surface area contributed by atoms with Crippen LogP contribution in [0.5, 0.6) is 5.75 Å². The van der Waals surface area contributed by atoms with Gasteiger partial charge in [-0.15, -0.1) is 0 Å². The highest BCUT2D eigenvalue weighted by Crippen LogP contribution is 2.40. The molecule has 4 rings (SSSR count). The standard InChI is InChI=1S/C35H46N2O6Si/c1-34(2,3)42-33(40)37(23-31(28-13-10-18-36-21-28)43-44(7,8)35(4,5)6)22-29-16-14-26-19-25(15-17-30(26)41-29)24-11-9-12-27(20-24)32(38)39/h9-13,15,17-21,29,31H,14,16,22-23H2,1-8H3,(H,38,39)/t29-,31+/m1/s1. The van der Waals surface area contributed by atoms with E-state index in [-0.39, 0.29) is 22.8 Å². The number of carbonyl (C=O) groups excluding carboxylic acids is 1. The van der Waals surface area contributed by atoms with E-state index in [1.165, 1.54) is 0 Å². The van der Waals surface area contributed by atoms with Crippen LogP contribution in [-0.4, -0.2) is 60.2 Å². The maximum atomic E-state index is 13.6. The van der Waals surface area contributed by atoms with Crippen molar-refractivity contribution in [2.24, 2.45) is 0 Å². The molecule has 0 saturated carbocycles. The summed E-state index contributed by atoms with van der Waals surface area (Å²) < 4.78 is 19.2. The van der Waals surface area contributed by atoms with Gasteiger partial charge < -0.3 is 23.9 Å². The van der Waals surface area contributed by atoms with Crippen LogP contribution < -0.4 is 4.74 Å². The molecular weight excluding hydrogens is 572 g/mol. The molecule has 236 valence electrons. The molecule has 2 aromatic carbocycles. The molecule has 8 nitrogen and oxygen atoms in total. The number of carboxylic acids is 1. The highest BCUT2D eigenvalue weighted by molar-refractivity contribution is 6.74. The largest absolute Gasteiger partial charge is 0.488 e. The number of amides is 1. The van der Waals surface area contributed by atoms with E-state index in [9.17, 15) is 14.7 Å². The molecule has 2 atom stereocenters. The molecule has 9 heteroatoms. The molecule has 0 fully saturated rings. The van der Waals surface area contributed by atoms with Gasteiger partial charge >= 0.3 is 12.1 Å². The Morgan fingerprint density at radius 3 is 2.41 bits per heavy atom. The Labute approximate surface area is 262 Å². The zero-order valence-electron chi connectivity index (χ0n) is 27.2. The number of hydrogen-bond acceptors (Lipinski definition) is 6. The van der Waals surface area contributed by atoms with Crippen LogP contribution in [0.4, 0.5) is 4.79 Å². The molecule has 3 aromatic rings. The molecular formula is C35H46N2O6Si. The van der Waals surface area contributed by atoms with Gasteiger partial charge in [0.1, 0.15) is 17.5 Å². The number of nitrogens with zero attached hydrogens (tertiary/aromatic N) is 2. The molecule has 44 heavy (non-hydrogen) atoms. The third-order valence-corrected chi connectivity index (χ3v) is 12.8. The maximum Gasteiger partial charge on any atom is 0.410 e. The molecule has 0 aliphatic carbocycles. The van der Waals surface area contributed by atoms with Crippen LogP contribution in [0.25, 0.3) is 11.1 Å². The maximum absolute atomic E-state index is 13.6. The SMILES string of the molecule is CC(C)(C)OC(=O)N(C[C@H]1CCc2cc(-c3cccc(C(=O)O)c3)ccc2O1)C[C@H](O[Si](C)(C)C(C)(C)C)c1cccnc1. The molecule has 0 saturated heterocycles. The smallest absolute Gasteiger partial charge is 0.410 e. The number of benzene rings is 2. The number of aromatic carboxylic acids is 1. The first-order valence-corrected chi connectivity index (χ1v) is 18.1. The lowest BCUT2D eigenvalue weighted by atomic mass is 9.96. The minimum Gasteiger partial charge on any atom is -0.488 e. The van der Waals surface area contributed by atoms with E-state index >= 15 is 0 Å². The van der Waals surface area contributed by atoms with Gasteiger partial charge in [0.15, 0.2) is 8.32 Å². The van der Waals surface area contributed by atoms with Gasteiger partial charge in [0.25, 0.3) is 0 Å². The van der Waals surface area contributed by atoms with Crippen LogP contribution in [0.2, 0.25) is 18.1 Å². The van der Waals surface area contributed by atoms with Crippen LogP contribution >= 0.6 is 0 Å². The topological polar surface area (TPSA) is 98.2 Å². The van der Waals surface area contributed by atoms with Crippen LogP contribution in [0.3, 0.4) is 0 Å². The van der Waals surface area contributed by atoms with Crippen molar-refractivity contribution in [3.8, 4) is 16.9 Å². The van der Waals surface area contributed by atoms with Gasteiger partial charge in [0.2, 0.25) is 0 Å². The molecule has 0 radical (unpaired) electrons. The van der Waals surface area contributed by atoms with Gasteiger partial charge in [-0.2, -0.15) is 0 Å². The van der Waals surface area contributed by atoms with E-state index in [2.05, 4.69) is 44.9 Å². The number of ether oxygens (including phenoxy) is 2. The predicted molar refractivity (Wildman–Crippen MR) is 175 cm³/mol. The van der Waals surface area contributed by atoms with E-state index in [0.717, 1.165) is 34.4 Å². The van der Waals surface area contributed by atoms with Gasteiger partial charge in [-0.1, -0.05) is 45.0 Å². The number of carbonyl (C=O) groups is 2. The van der Waals surface area contributed by atoms with Crippen molar-refractivity contribution < 1.29 is 28.6 Å². The molecule has 0 spiro atoms. The lowest BCUT2D eigenvalue weighted by molar-refractivity contribution is 0.00490. The average molecular weight is 619 g/mol. The number of aryl methyl sites for hydroxylation is 1. The quantitative estimate of drug-likeness (QED) is 0.242. The van der Waals surface area contributed by atoms with Crippen LogP contribution in [0.15, 0.2) is 67.0 Å². The summed E-state index contributed by atoms with van der Waals surface area (Å²) >= 11 is 0. The van der Waals surface area contributed by atoms with Crippen molar-refractivity contribution in [2.45, 2.75) is 90.3 Å². The number of pyridine rings is 1. The van der Waals surface area contributed by atoms with Gasteiger partial charge in [0.05, 0.1) is 24.8 Å². The first-order chi connectivity index (χ1) is 20.5. The van der Waals surface area contributed by atoms with Crippen molar-refractivity contribution in [2.75, 3.05) is 13.1 Å². The van der Waals surface area contributed by atoms with Gasteiger partial charge in [0, 0.05) is 12.4 Å². The van der Waals surface area contributed by atoms with Gasteiger partial charge in [-0.3, -0.25) is 4.98 Å². The van der Waals surface area contributed by atoms with Crippen molar-refractivity contribution in [1.29, 1.82) is 0 Å². The second-order valence-corrected chi connectivity index (χ2v) is 18.8. The second kappa shape index (κ2) is 13.1. The van der Waals surface area contributed by atoms with E-state index in [1.54, 1.807) is 29.3 Å². The van der Waals surface area contributed by atoms with E-state index < -0.39 is 26.0 Å². The van der Waals surface area contributed by atoms with Crippen molar-refractivity contribution in [3.05, 3.63) is 83.7 Å². The summed E-state index contributed by atoms with van der Waals surface area (Å²) in [6.45, 7) is 17.3. The lowest BCUT2D eigenvalue weighted by Crippen LogP contribution is -2.48. The molecule has 1 aliphatic rings. The van der Waals surface area contributed by atoms with E-state index in [4.69, 9.17) is 13.9 Å². The fourth-order valence-electron chi connectivity index (χ4n) is 4.89. The number of aromatic nitrogens is 1. The van der Waals surface area contributed by atoms with Crippen molar-refractivity contribution in [3.63, 3.8) is 0 Å². The summed E-state index contributed by atoms with van der Waals surface area (Å²) in [4.78, 5) is 31.1. The molecule has 1 N–H and O–H groups in total. The van der Waals surface area contributed by atoms with Crippen LogP contribution in [-0.2, 0) is 15.6 Å². The summed E-state index contributed by atoms with van der Waals surface area (Å²) in [6.07, 6.45) is 4.00. The Bertz CT molecular complexity index is 1460. The zero-order valence-corrected chi connectivity index (χ0v) is 28.2. The lowest BCUT2D eigenvalue weighted by Gasteiger charge is -2.41. The Kier molecular flexibility index (Phi) is 9.90. The van der Waals surface area contributed by atoms with Crippen LogP contribution in [0.1, 0.15) is 75.6 Å². The summed E-state index contributed by atoms with van der Waals surface area (Å²) in [5, 5.41) is 9.38. The number of carboxylic acid groups (broad SMARTS) is 1. The summed E-state index contributed by atoms with van der Waals surface area (Å²) in [5.41, 5.74) is 3.34. The Hall–Kier alpha value is -3.69. The number of rotatable bonds is 9. The van der Waals surface area contributed by atoms with E-state index in [0.29, 0.717) is 19.5 Å². The normalized spacial score (nSPS) is 16.0. The number of fused-ring (bicyclic) bond motifs is 1. The minimum absolute atomic E-state index is 0.0196. The summed E-state index contributed by atoms with van der Waals surface area (Å²) in [7, 11) is -2.21. The fraction of sp³-hybridized carbons (Fsp3) is 0.457. The van der Waals surface area contributed by atoms with Gasteiger partial charge in [-0.25, -0.2) is 9.59 Å². The summed E-state index contributed by atoms with van der Waals surface area (Å²) in [6, 6.07) is 16.7. The highest BCUT2D eigenvalue weighted by Gasteiger charge is 2.41. The predicted octanol–water partition coefficient (Wildman–Crippen LogP) is 8.14. The zero-order chi connectivity index (χ0) is 32.3. The molecule has 1 aromatic heterocycles. The van der Waals surface area contributed by atoms with Crippen LogP contribution in [0, 0.1) is 0 Å². The second-order valence-electron chi connectivity index (χ2n) is 14.0. The third kappa shape index (κ3) is 8.48. The third-order valence-electron chi connectivity index (χ3n) is 8.29. The highest BCUT2D eigenvalue weighted by atomic mass is 28.4. The number of hydrogen-bond donors (Lipinski definition) is 1. The monoisotopic (exact) mass is 618 g/mol. The average Bonchev–Trinajstić information content (AvgIpc) is 2.95. The minimum atomic E-state index is -2.21. The van der Waals surface area contributed by atoms with Crippen molar-refractivity contribution in [1.82, 2.24) is 9.88 Å². The first-order valence-electron chi connectivity index (χ1n) is 15.2. The molecule has 0 unspecified atom stereocenters. The Morgan fingerprint density at radius 1 is 1.05 bits per heavy atom. The Balaban J connectivity index is 1.57. The summed E-state index contributed by atoms with van der Waals surface area (Å²) in [5.74, 6) is -0.184. The Morgan fingerprint density at radius 2 is 1.77 bits per heavy atom. The molecule has 1 amide bonds. The molecule has 0 bridgehead atoms.